The van der Waals surface area contributed by atoms with Gasteiger partial charge in [-0.05, 0) is 25.2 Å². The van der Waals surface area contributed by atoms with Gasteiger partial charge in [-0.15, -0.1) is 0 Å². The molecule has 0 unspecified atom stereocenters. The molecule has 0 amide bonds. The Kier molecular flexibility index (Phi) is 3.93. The molecule has 0 atom stereocenters. The van der Waals surface area contributed by atoms with Crippen LogP contribution in [0.4, 0.5) is 5.82 Å². The number of piperidine rings is 1. The molecule has 0 bridgehead atoms. The highest BCUT2D eigenvalue weighted by Gasteiger charge is 2.22. The molecule has 2 aromatic rings. The van der Waals surface area contributed by atoms with Crippen LogP contribution < -0.4 is 16.0 Å². The highest BCUT2D eigenvalue weighted by Crippen LogP contribution is 2.26. The van der Waals surface area contributed by atoms with Gasteiger partial charge in [0.05, 0.1) is 0 Å². The summed E-state index contributed by atoms with van der Waals surface area (Å²) in [4.78, 5) is 36.4. The number of nitrogens with one attached hydrogen (secondary N) is 1. The van der Waals surface area contributed by atoms with E-state index in [1.54, 1.807) is 7.05 Å². The number of rotatable bonds is 3. The second-order valence-corrected chi connectivity index (χ2v) is 5.66. The van der Waals surface area contributed by atoms with Gasteiger partial charge in [0, 0.05) is 26.7 Å². The maximum atomic E-state index is 11.9. The Morgan fingerprint density at radius 2 is 2.05 bits per heavy atom. The van der Waals surface area contributed by atoms with E-state index in [1.165, 1.54) is 10.9 Å². The number of aromatic amines is 1. The zero-order valence-electron chi connectivity index (χ0n) is 12.4. The molecule has 0 radical (unpaired) electrons. The highest BCUT2D eigenvalue weighted by molar-refractivity contribution is 5.82. The van der Waals surface area contributed by atoms with E-state index < -0.39 is 11.1 Å². The van der Waals surface area contributed by atoms with Gasteiger partial charge in [0.1, 0.15) is 11.8 Å². The molecule has 118 valence electrons. The summed E-state index contributed by atoms with van der Waals surface area (Å²) in [5, 5.41) is 9.03. The molecule has 8 heteroatoms. The van der Waals surface area contributed by atoms with Gasteiger partial charge in [-0.2, -0.15) is 0 Å². The van der Waals surface area contributed by atoms with Crippen molar-refractivity contribution in [1.82, 2.24) is 19.5 Å². The predicted molar refractivity (Wildman–Crippen MR) is 82.0 cm³/mol. The number of aryl methyl sites for hydroxylation is 1. The van der Waals surface area contributed by atoms with Crippen molar-refractivity contribution in [1.29, 1.82) is 0 Å². The summed E-state index contributed by atoms with van der Waals surface area (Å²) < 4.78 is 1.31. The van der Waals surface area contributed by atoms with Gasteiger partial charge in [0.2, 0.25) is 0 Å². The molecule has 22 heavy (non-hydrogen) atoms. The van der Waals surface area contributed by atoms with Gasteiger partial charge in [0.25, 0.3) is 0 Å². The van der Waals surface area contributed by atoms with Gasteiger partial charge >= 0.3 is 11.1 Å². The molecule has 0 spiro atoms. The molecule has 0 aliphatic carbocycles. The average molecular weight is 305 g/mol. The van der Waals surface area contributed by atoms with E-state index in [4.69, 9.17) is 5.11 Å². The number of aromatic nitrogens is 4. The lowest BCUT2D eigenvalue weighted by atomic mass is 9.94. The first-order valence-corrected chi connectivity index (χ1v) is 7.41. The third-order valence-electron chi connectivity index (χ3n) is 4.32. The molecule has 0 aromatic carbocycles. The van der Waals surface area contributed by atoms with E-state index >= 15 is 0 Å². The Hall–Kier alpha value is -2.22. The Morgan fingerprint density at radius 1 is 1.32 bits per heavy atom. The van der Waals surface area contributed by atoms with Crippen molar-refractivity contribution in [3.05, 3.63) is 27.0 Å². The second kappa shape index (κ2) is 5.88. The van der Waals surface area contributed by atoms with Crippen molar-refractivity contribution in [2.24, 2.45) is 13.0 Å². The zero-order valence-corrected chi connectivity index (χ0v) is 12.4. The van der Waals surface area contributed by atoms with E-state index in [2.05, 4.69) is 19.9 Å². The first-order chi connectivity index (χ1) is 10.6. The topological polar surface area (TPSA) is 104 Å². The van der Waals surface area contributed by atoms with Crippen LogP contribution in [0.3, 0.4) is 0 Å². The lowest BCUT2D eigenvalue weighted by molar-refractivity contribution is 0.240. The molecular formula is C14H19N5O3. The Labute approximate surface area is 126 Å². The maximum absolute atomic E-state index is 11.9. The van der Waals surface area contributed by atoms with E-state index in [9.17, 15) is 9.59 Å². The standard InChI is InChI=1S/C14H19N5O3/c1-18-10-11(17-13(21)14(18)22)15-8-16-12(10)19-5-2-9(3-6-19)4-7-20/h8-9,20H,2-7H2,1H3,(H,15,16,17,21). The smallest absolute Gasteiger partial charge is 0.316 e. The molecule has 0 saturated carbocycles. The Morgan fingerprint density at radius 3 is 2.73 bits per heavy atom. The first kappa shape index (κ1) is 14.7. The summed E-state index contributed by atoms with van der Waals surface area (Å²) in [6.45, 7) is 1.84. The number of anilines is 1. The van der Waals surface area contributed by atoms with Crippen molar-refractivity contribution >= 4 is 17.0 Å². The molecule has 1 fully saturated rings. The first-order valence-electron chi connectivity index (χ1n) is 7.41. The summed E-state index contributed by atoms with van der Waals surface area (Å²) >= 11 is 0. The monoisotopic (exact) mass is 305 g/mol. The fourth-order valence-corrected chi connectivity index (χ4v) is 3.03. The molecule has 2 N–H and O–H groups in total. The van der Waals surface area contributed by atoms with Gasteiger partial charge in [-0.3, -0.25) is 9.59 Å². The number of hydrogen-bond acceptors (Lipinski definition) is 6. The lowest BCUT2D eigenvalue weighted by Crippen LogP contribution is -2.38. The van der Waals surface area contributed by atoms with Gasteiger partial charge in [-0.1, -0.05) is 0 Å². The fourth-order valence-electron chi connectivity index (χ4n) is 3.03. The Balaban J connectivity index is 2.00. The minimum absolute atomic E-state index is 0.219. The molecule has 8 nitrogen and oxygen atoms in total. The van der Waals surface area contributed by atoms with E-state index in [0.717, 1.165) is 32.4 Å². The summed E-state index contributed by atoms with van der Waals surface area (Å²) in [6.07, 6.45) is 4.18. The van der Waals surface area contributed by atoms with Crippen molar-refractivity contribution in [3.63, 3.8) is 0 Å². The summed E-state index contributed by atoms with van der Waals surface area (Å²) in [6, 6.07) is 0. The van der Waals surface area contributed by atoms with Crippen LogP contribution >= 0.6 is 0 Å². The molecule has 2 aromatic heterocycles. The molecule has 1 aliphatic rings. The fraction of sp³-hybridized carbons (Fsp3) is 0.571. The largest absolute Gasteiger partial charge is 0.396 e. The number of nitrogens with zero attached hydrogens (tertiary/aromatic N) is 4. The number of aliphatic hydroxyl groups excluding tert-OH is 1. The van der Waals surface area contributed by atoms with Gasteiger partial charge in [0.15, 0.2) is 11.5 Å². The van der Waals surface area contributed by atoms with Crippen molar-refractivity contribution in [2.45, 2.75) is 19.3 Å². The normalized spacial score (nSPS) is 16.4. The molecule has 1 aliphatic heterocycles. The van der Waals surface area contributed by atoms with Crippen LogP contribution in [0.1, 0.15) is 19.3 Å². The van der Waals surface area contributed by atoms with Crippen LogP contribution in [0.5, 0.6) is 0 Å². The number of aliphatic hydroxyl groups is 1. The minimum atomic E-state index is -0.679. The van der Waals surface area contributed by atoms with Crippen LogP contribution in [0.2, 0.25) is 0 Å². The quantitative estimate of drug-likeness (QED) is 0.749. The molecule has 3 heterocycles. The summed E-state index contributed by atoms with van der Waals surface area (Å²) in [5.41, 5.74) is -0.373. The van der Waals surface area contributed by atoms with Crippen molar-refractivity contribution in [3.8, 4) is 0 Å². The lowest BCUT2D eigenvalue weighted by Gasteiger charge is -2.33. The number of fused-ring (bicyclic) bond motifs is 1. The Bertz CT molecular complexity index is 789. The van der Waals surface area contributed by atoms with Crippen molar-refractivity contribution < 1.29 is 5.11 Å². The van der Waals surface area contributed by atoms with Gasteiger partial charge in [-0.25, -0.2) is 9.97 Å². The van der Waals surface area contributed by atoms with Crippen LogP contribution in [-0.2, 0) is 7.05 Å². The van der Waals surface area contributed by atoms with Crippen LogP contribution in [0.25, 0.3) is 11.2 Å². The summed E-state index contributed by atoms with van der Waals surface area (Å²) in [7, 11) is 1.56. The minimum Gasteiger partial charge on any atom is -0.396 e. The van der Waals surface area contributed by atoms with E-state index in [1.807, 2.05) is 0 Å². The maximum Gasteiger partial charge on any atom is 0.316 e. The zero-order chi connectivity index (χ0) is 15.7. The molecule has 1 saturated heterocycles. The number of H-pyrrole nitrogens is 1. The van der Waals surface area contributed by atoms with Crippen LogP contribution in [0.15, 0.2) is 15.9 Å². The van der Waals surface area contributed by atoms with Crippen molar-refractivity contribution in [2.75, 3.05) is 24.6 Å². The molecule has 3 rings (SSSR count). The average Bonchev–Trinajstić information content (AvgIpc) is 2.53. The molecular weight excluding hydrogens is 286 g/mol. The highest BCUT2D eigenvalue weighted by atomic mass is 16.3. The van der Waals surface area contributed by atoms with Crippen LogP contribution in [0, 0.1) is 5.92 Å². The van der Waals surface area contributed by atoms with E-state index in [0.29, 0.717) is 22.9 Å². The SMILES string of the molecule is Cn1c(=O)c(=O)[nH]c2ncnc(N3CCC(CCO)CC3)c21. The van der Waals surface area contributed by atoms with E-state index in [-0.39, 0.29) is 6.61 Å². The second-order valence-electron chi connectivity index (χ2n) is 5.66. The third kappa shape index (κ3) is 2.50. The third-order valence-corrected chi connectivity index (χ3v) is 4.32. The predicted octanol–water partition coefficient (Wildman–Crippen LogP) is -0.384. The van der Waals surface area contributed by atoms with Gasteiger partial charge < -0.3 is 19.6 Å². The summed E-state index contributed by atoms with van der Waals surface area (Å²) in [5.74, 6) is 1.20. The number of hydrogen-bond donors (Lipinski definition) is 2. The van der Waals surface area contributed by atoms with Crippen LogP contribution in [-0.4, -0.2) is 44.3 Å².